The maximum absolute atomic E-state index is 14.0. The molecule has 1 heterocycles. The van der Waals surface area contributed by atoms with Crippen molar-refractivity contribution in [1.29, 1.82) is 0 Å². The molecule has 150 valence electrons. The number of nitrogens with one attached hydrogen (secondary N) is 1. The molecule has 4 rings (SSSR count). The van der Waals surface area contributed by atoms with Gasteiger partial charge in [0.1, 0.15) is 16.9 Å². The number of benzene rings is 3. The number of halogens is 2. The second kappa shape index (κ2) is 8.87. The number of hydrogen-bond donors (Lipinski definition) is 1. The van der Waals surface area contributed by atoms with Crippen LogP contribution < -0.4 is 5.32 Å². The van der Waals surface area contributed by atoms with Crippen LogP contribution in [-0.2, 0) is 4.79 Å². The van der Waals surface area contributed by atoms with Crippen molar-refractivity contribution in [3.63, 3.8) is 0 Å². The lowest BCUT2D eigenvalue weighted by Crippen LogP contribution is -2.19. The zero-order valence-electron chi connectivity index (χ0n) is 15.5. The molecular weight excluding hydrogens is 408 g/mol. The molecule has 0 spiro atoms. The molecule has 1 aromatic heterocycles. The minimum atomic E-state index is -0.717. The van der Waals surface area contributed by atoms with E-state index in [9.17, 15) is 13.6 Å². The fraction of sp³-hybridized carbons (Fsp3) is 0.0455. The summed E-state index contributed by atoms with van der Waals surface area (Å²) in [4.78, 5) is 13.0. The molecule has 4 aromatic rings. The molecule has 0 aliphatic carbocycles. The van der Waals surface area contributed by atoms with Gasteiger partial charge in [0.25, 0.3) is 11.1 Å². The van der Waals surface area contributed by atoms with Crippen LogP contribution in [0.5, 0.6) is 0 Å². The average molecular weight is 423 g/mol. The third-order valence-corrected chi connectivity index (χ3v) is 5.27. The fourth-order valence-corrected chi connectivity index (χ4v) is 3.62. The van der Waals surface area contributed by atoms with E-state index < -0.39 is 16.9 Å². The highest BCUT2D eigenvalue weighted by molar-refractivity contribution is 8.00. The molecule has 8 heteroatoms. The van der Waals surface area contributed by atoms with Crippen LogP contribution in [-0.4, -0.2) is 16.1 Å². The molecule has 1 N–H and O–H groups in total. The first-order chi connectivity index (χ1) is 14.6. The number of amides is 1. The molecule has 1 amide bonds. The van der Waals surface area contributed by atoms with Gasteiger partial charge < -0.3 is 9.73 Å². The number of hydrogen-bond acceptors (Lipinski definition) is 5. The highest BCUT2D eigenvalue weighted by atomic mass is 32.2. The molecule has 0 fully saturated rings. The summed E-state index contributed by atoms with van der Waals surface area (Å²) in [5, 5.41) is 10.0. The van der Waals surface area contributed by atoms with Crippen LogP contribution in [0.1, 0.15) is 10.8 Å². The Hall–Kier alpha value is -3.52. The quantitative estimate of drug-likeness (QED) is 0.416. The molecule has 0 aliphatic rings. The van der Waals surface area contributed by atoms with Crippen molar-refractivity contribution in [2.45, 2.75) is 10.5 Å². The Bertz CT molecular complexity index is 1150. The van der Waals surface area contributed by atoms with Crippen molar-refractivity contribution in [2.24, 2.45) is 0 Å². The van der Waals surface area contributed by atoms with E-state index in [1.54, 1.807) is 24.3 Å². The first-order valence-corrected chi connectivity index (χ1v) is 9.84. The number of carbonyl (C=O) groups excluding carboxylic acids is 1. The molecule has 1 atom stereocenters. The summed E-state index contributed by atoms with van der Waals surface area (Å²) in [5.41, 5.74) is 1.36. The lowest BCUT2D eigenvalue weighted by Gasteiger charge is -2.15. The van der Waals surface area contributed by atoms with Gasteiger partial charge in [0, 0.05) is 5.69 Å². The number of nitrogens with zero attached hydrogens (tertiary/aromatic N) is 2. The number of carbonyl (C=O) groups is 1. The number of rotatable bonds is 6. The molecule has 0 saturated heterocycles. The van der Waals surface area contributed by atoms with Gasteiger partial charge in [-0.25, -0.2) is 8.78 Å². The molecule has 30 heavy (non-hydrogen) atoms. The SMILES string of the molecule is O=C(Nc1ccc(F)cc1)C(Sc1nnc(-c2ccccc2F)o1)c1ccccc1. The molecular formula is C22H15F2N3O2S. The van der Waals surface area contributed by atoms with Crippen molar-refractivity contribution in [3.8, 4) is 11.5 Å². The van der Waals surface area contributed by atoms with E-state index in [1.807, 2.05) is 18.2 Å². The summed E-state index contributed by atoms with van der Waals surface area (Å²) in [5.74, 6) is -1.19. The minimum absolute atomic E-state index is 0.0290. The molecule has 3 aromatic carbocycles. The van der Waals surface area contributed by atoms with E-state index in [1.165, 1.54) is 36.4 Å². The third-order valence-electron chi connectivity index (χ3n) is 4.18. The van der Waals surface area contributed by atoms with Gasteiger partial charge in [-0.15, -0.1) is 10.2 Å². The Morgan fingerprint density at radius 3 is 2.33 bits per heavy atom. The van der Waals surface area contributed by atoms with E-state index in [2.05, 4.69) is 15.5 Å². The summed E-state index contributed by atoms with van der Waals surface area (Å²) in [6.07, 6.45) is 0. The second-order valence-corrected chi connectivity index (χ2v) is 7.31. The summed E-state index contributed by atoms with van der Waals surface area (Å²) >= 11 is 1.04. The van der Waals surface area contributed by atoms with Gasteiger partial charge in [0.15, 0.2) is 0 Å². The van der Waals surface area contributed by atoms with E-state index in [0.29, 0.717) is 11.3 Å². The smallest absolute Gasteiger partial charge is 0.277 e. The second-order valence-electron chi connectivity index (χ2n) is 6.26. The van der Waals surface area contributed by atoms with Crippen LogP contribution in [0.25, 0.3) is 11.5 Å². The molecule has 0 saturated carbocycles. The summed E-state index contributed by atoms with van der Waals surface area (Å²) in [6, 6.07) is 20.6. The Labute approximate surface area is 175 Å². The van der Waals surface area contributed by atoms with Crippen molar-refractivity contribution in [2.75, 3.05) is 5.32 Å². The number of thioether (sulfide) groups is 1. The number of aromatic nitrogens is 2. The zero-order valence-corrected chi connectivity index (χ0v) is 16.3. The Balaban J connectivity index is 1.59. The highest BCUT2D eigenvalue weighted by Gasteiger charge is 2.25. The third kappa shape index (κ3) is 4.55. The van der Waals surface area contributed by atoms with Gasteiger partial charge in [-0.05, 0) is 53.7 Å². The Morgan fingerprint density at radius 2 is 1.60 bits per heavy atom. The van der Waals surface area contributed by atoms with Crippen LogP contribution in [0.2, 0.25) is 0 Å². The van der Waals surface area contributed by atoms with Crippen molar-refractivity contribution in [1.82, 2.24) is 10.2 Å². The van der Waals surface area contributed by atoms with Gasteiger partial charge in [-0.2, -0.15) is 0 Å². The van der Waals surface area contributed by atoms with E-state index in [-0.39, 0.29) is 22.6 Å². The van der Waals surface area contributed by atoms with Crippen LogP contribution in [0.4, 0.5) is 14.5 Å². The fourth-order valence-electron chi connectivity index (χ4n) is 2.74. The lowest BCUT2D eigenvalue weighted by molar-refractivity contribution is -0.115. The maximum Gasteiger partial charge on any atom is 0.277 e. The van der Waals surface area contributed by atoms with Crippen LogP contribution in [0.15, 0.2) is 88.5 Å². The van der Waals surface area contributed by atoms with E-state index in [0.717, 1.165) is 11.8 Å². The lowest BCUT2D eigenvalue weighted by atomic mass is 10.1. The Kier molecular flexibility index (Phi) is 5.85. The van der Waals surface area contributed by atoms with Crippen molar-refractivity contribution < 1.29 is 18.0 Å². The molecule has 0 bridgehead atoms. The van der Waals surface area contributed by atoms with Crippen LogP contribution in [0, 0.1) is 11.6 Å². The predicted molar refractivity (Wildman–Crippen MR) is 110 cm³/mol. The van der Waals surface area contributed by atoms with Crippen molar-refractivity contribution >= 4 is 23.4 Å². The maximum atomic E-state index is 14.0. The zero-order chi connectivity index (χ0) is 20.9. The monoisotopic (exact) mass is 423 g/mol. The van der Waals surface area contributed by atoms with Crippen molar-refractivity contribution in [3.05, 3.63) is 96.1 Å². The highest BCUT2D eigenvalue weighted by Crippen LogP contribution is 2.36. The summed E-state index contributed by atoms with van der Waals surface area (Å²) in [7, 11) is 0. The average Bonchev–Trinajstić information content (AvgIpc) is 3.23. The number of anilines is 1. The van der Waals surface area contributed by atoms with Crippen LogP contribution >= 0.6 is 11.8 Å². The van der Waals surface area contributed by atoms with E-state index >= 15 is 0 Å². The first-order valence-electron chi connectivity index (χ1n) is 8.96. The van der Waals surface area contributed by atoms with Gasteiger partial charge in [0.05, 0.1) is 5.56 Å². The van der Waals surface area contributed by atoms with Gasteiger partial charge >= 0.3 is 0 Å². The molecule has 5 nitrogen and oxygen atoms in total. The van der Waals surface area contributed by atoms with Gasteiger partial charge in [0.2, 0.25) is 5.91 Å². The topological polar surface area (TPSA) is 68.0 Å². The first kappa shape index (κ1) is 19.8. The standard InChI is InChI=1S/C22H15F2N3O2S/c23-15-10-12-16(13-11-15)25-20(28)19(14-6-2-1-3-7-14)30-22-27-26-21(29-22)17-8-4-5-9-18(17)24/h1-13,19H,(H,25,28). The largest absolute Gasteiger partial charge is 0.411 e. The van der Waals surface area contributed by atoms with Gasteiger partial charge in [-0.1, -0.05) is 42.5 Å². The normalized spacial score (nSPS) is 11.8. The molecule has 1 unspecified atom stereocenters. The van der Waals surface area contributed by atoms with Gasteiger partial charge in [-0.3, -0.25) is 4.79 Å². The summed E-state index contributed by atoms with van der Waals surface area (Å²) in [6.45, 7) is 0. The predicted octanol–water partition coefficient (Wildman–Crippen LogP) is 5.49. The molecule has 0 aliphatic heterocycles. The molecule has 0 radical (unpaired) electrons. The Morgan fingerprint density at radius 1 is 0.900 bits per heavy atom. The van der Waals surface area contributed by atoms with E-state index in [4.69, 9.17) is 4.42 Å². The minimum Gasteiger partial charge on any atom is -0.411 e. The summed E-state index contributed by atoms with van der Waals surface area (Å²) < 4.78 is 32.7. The van der Waals surface area contributed by atoms with Crippen LogP contribution in [0.3, 0.4) is 0 Å².